The molecule has 1 N–H and O–H groups in total. The molecule has 6 nitrogen and oxygen atoms in total. The van der Waals surface area contributed by atoms with E-state index in [4.69, 9.17) is 0 Å². The molecular formula is C13H16BrN3O3S. The van der Waals surface area contributed by atoms with Crippen LogP contribution in [0.1, 0.15) is 19.3 Å². The van der Waals surface area contributed by atoms with Crippen LogP contribution in [0.3, 0.4) is 0 Å². The highest BCUT2D eigenvalue weighted by molar-refractivity contribution is 9.10. The van der Waals surface area contributed by atoms with Gasteiger partial charge in [0.15, 0.2) is 9.84 Å². The van der Waals surface area contributed by atoms with Crippen LogP contribution in [-0.4, -0.2) is 30.0 Å². The van der Waals surface area contributed by atoms with Crippen molar-refractivity contribution in [3.63, 3.8) is 0 Å². The molecule has 3 rings (SSSR count). The van der Waals surface area contributed by atoms with Crippen LogP contribution in [0.25, 0.3) is 0 Å². The molecule has 2 heterocycles. The number of halogens is 1. The van der Waals surface area contributed by atoms with Crippen LogP contribution in [-0.2, 0) is 16.4 Å². The van der Waals surface area contributed by atoms with Crippen LogP contribution in [0.2, 0.25) is 0 Å². The molecule has 1 aliphatic heterocycles. The van der Waals surface area contributed by atoms with Crippen LogP contribution in [0, 0.1) is 5.92 Å². The lowest BCUT2D eigenvalue weighted by atomic mass is 9.85. The molecule has 114 valence electrons. The van der Waals surface area contributed by atoms with E-state index in [0.29, 0.717) is 22.6 Å². The zero-order valence-corrected chi connectivity index (χ0v) is 13.7. The van der Waals surface area contributed by atoms with E-state index in [0.717, 1.165) is 12.8 Å². The molecule has 21 heavy (non-hydrogen) atoms. The largest absolute Gasteiger partial charge is 0.372 e. The molecule has 8 heteroatoms. The van der Waals surface area contributed by atoms with E-state index in [-0.39, 0.29) is 17.4 Å². The molecule has 0 saturated heterocycles. The number of aromatic nitrogens is 2. The van der Waals surface area contributed by atoms with Crippen molar-refractivity contribution in [2.24, 2.45) is 5.92 Å². The first kappa shape index (κ1) is 14.8. The molecule has 0 bridgehead atoms. The first-order valence-corrected chi connectivity index (χ1v) is 9.38. The summed E-state index contributed by atoms with van der Waals surface area (Å²) in [5, 5.41) is 8.33. The van der Waals surface area contributed by atoms with E-state index in [2.05, 4.69) is 26.3 Å². The average Bonchev–Trinajstić information content (AvgIpc) is 2.71. The maximum absolute atomic E-state index is 12.4. The smallest absolute Gasteiger partial charge is 0.291 e. The maximum Gasteiger partial charge on any atom is 0.291 e. The third kappa shape index (κ3) is 3.21. The van der Waals surface area contributed by atoms with Crippen LogP contribution < -0.4 is 10.9 Å². The number of hydrogen-bond acceptors (Lipinski definition) is 5. The molecule has 2 aliphatic rings. The van der Waals surface area contributed by atoms with Crippen molar-refractivity contribution < 1.29 is 8.42 Å². The van der Waals surface area contributed by atoms with E-state index >= 15 is 0 Å². The molecule has 1 unspecified atom stereocenters. The molecule has 1 aromatic rings. The van der Waals surface area contributed by atoms with Crippen molar-refractivity contribution in [1.82, 2.24) is 9.78 Å². The van der Waals surface area contributed by atoms with E-state index in [9.17, 15) is 13.2 Å². The number of sulfone groups is 1. The maximum atomic E-state index is 12.4. The van der Waals surface area contributed by atoms with Crippen LogP contribution in [0.4, 0.5) is 5.69 Å². The third-order valence-electron chi connectivity index (χ3n) is 3.91. The molecule has 1 aliphatic carbocycles. The zero-order valence-electron chi connectivity index (χ0n) is 11.3. The number of nitrogens with zero attached hydrogens (tertiary/aromatic N) is 2. The number of hydrogen-bond donors (Lipinski definition) is 1. The Kier molecular flexibility index (Phi) is 3.92. The minimum Gasteiger partial charge on any atom is -0.372 e. The minimum atomic E-state index is -3.15. The highest BCUT2D eigenvalue weighted by atomic mass is 79.9. The van der Waals surface area contributed by atoms with Gasteiger partial charge in [-0.05, 0) is 34.7 Å². The Morgan fingerprint density at radius 2 is 2.19 bits per heavy atom. The van der Waals surface area contributed by atoms with Crippen molar-refractivity contribution in [2.45, 2.75) is 31.8 Å². The molecule has 0 spiro atoms. The predicted molar refractivity (Wildman–Crippen MR) is 83.9 cm³/mol. The van der Waals surface area contributed by atoms with Crippen LogP contribution >= 0.6 is 15.9 Å². The molecule has 1 fully saturated rings. The second-order valence-electron chi connectivity index (χ2n) is 5.56. The van der Waals surface area contributed by atoms with E-state index in [1.54, 1.807) is 12.3 Å². The SMILES string of the molecule is O=c1c(NC2C=CS(=O)(=O)C2)c(Br)cnn1CC1CCC1. The van der Waals surface area contributed by atoms with Gasteiger partial charge in [-0.3, -0.25) is 4.79 Å². The average molecular weight is 374 g/mol. The first-order chi connectivity index (χ1) is 9.94. The van der Waals surface area contributed by atoms with Gasteiger partial charge in [0.1, 0.15) is 5.69 Å². The molecule has 0 amide bonds. The minimum absolute atomic E-state index is 0.0240. The highest BCUT2D eigenvalue weighted by Gasteiger charge is 2.24. The van der Waals surface area contributed by atoms with Gasteiger partial charge in [0.25, 0.3) is 5.56 Å². The molecule has 1 saturated carbocycles. The standard InChI is InChI=1S/C13H16BrN3O3S/c14-11-6-15-17(7-9-2-1-3-9)13(18)12(11)16-10-4-5-21(19,20)8-10/h4-6,9-10,16H,1-3,7-8H2. The summed E-state index contributed by atoms with van der Waals surface area (Å²) in [6.45, 7) is 0.625. The lowest BCUT2D eigenvalue weighted by Gasteiger charge is -2.25. The van der Waals surface area contributed by atoms with Gasteiger partial charge in [0.2, 0.25) is 0 Å². The Bertz CT molecular complexity index is 738. The van der Waals surface area contributed by atoms with Gasteiger partial charge in [0, 0.05) is 12.0 Å². The van der Waals surface area contributed by atoms with Gasteiger partial charge in [-0.15, -0.1) is 0 Å². The molecule has 0 radical (unpaired) electrons. The summed E-state index contributed by atoms with van der Waals surface area (Å²) < 4.78 is 24.9. The Morgan fingerprint density at radius 1 is 1.43 bits per heavy atom. The molecule has 0 aromatic carbocycles. The van der Waals surface area contributed by atoms with Gasteiger partial charge in [-0.1, -0.05) is 12.5 Å². The second-order valence-corrected chi connectivity index (χ2v) is 8.35. The number of nitrogens with one attached hydrogen (secondary N) is 1. The summed E-state index contributed by atoms with van der Waals surface area (Å²) in [5.41, 5.74) is 0.157. The summed E-state index contributed by atoms with van der Waals surface area (Å²) >= 11 is 3.30. The Hall–Kier alpha value is -1.15. The van der Waals surface area contributed by atoms with Crippen molar-refractivity contribution >= 4 is 31.5 Å². The Morgan fingerprint density at radius 3 is 2.76 bits per heavy atom. The third-order valence-corrected chi connectivity index (χ3v) is 5.91. The van der Waals surface area contributed by atoms with Gasteiger partial charge in [-0.25, -0.2) is 13.1 Å². The Balaban J connectivity index is 1.82. The van der Waals surface area contributed by atoms with Crippen molar-refractivity contribution in [3.8, 4) is 0 Å². The fraction of sp³-hybridized carbons (Fsp3) is 0.538. The lowest BCUT2D eigenvalue weighted by Crippen LogP contribution is -2.33. The summed E-state index contributed by atoms with van der Waals surface area (Å²) in [4.78, 5) is 12.4. The van der Waals surface area contributed by atoms with Crippen LogP contribution in [0.15, 0.2) is 26.9 Å². The highest BCUT2D eigenvalue weighted by Crippen LogP contribution is 2.27. The summed E-state index contributed by atoms with van der Waals surface area (Å²) in [5.74, 6) is 0.500. The normalized spacial score (nSPS) is 24.0. The van der Waals surface area contributed by atoms with E-state index in [1.165, 1.54) is 16.5 Å². The van der Waals surface area contributed by atoms with Gasteiger partial charge < -0.3 is 5.32 Å². The van der Waals surface area contributed by atoms with E-state index in [1.807, 2.05) is 0 Å². The van der Waals surface area contributed by atoms with E-state index < -0.39 is 9.84 Å². The van der Waals surface area contributed by atoms with Gasteiger partial charge in [-0.2, -0.15) is 5.10 Å². The van der Waals surface area contributed by atoms with Crippen LogP contribution in [0.5, 0.6) is 0 Å². The summed E-state index contributed by atoms with van der Waals surface area (Å²) in [7, 11) is -3.15. The molecule has 1 aromatic heterocycles. The fourth-order valence-corrected chi connectivity index (χ4v) is 4.11. The number of rotatable bonds is 4. The summed E-state index contributed by atoms with van der Waals surface area (Å²) in [6.07, 6.45) is 6.63. The van der Waals surface area contributed by atoms with Crippen molar-refractivity contribution in [2.75, 3.05) is 11.1 Å². The summed E-state index contributed by atoms with van der Waals surface area (Å²) in [6, 6.07) is -0.376. The topological polar surface area (TPSA) is 81.1 Å². The monoisotopic (exact) mass is 373 g/mol. The zero-order chi connectivity index (χ0) is 15.0. The molecule has 1 atom stereocenters. The predicted octanol–water partition coefficient (Wildman–Crippen LogP) is 1.53. The molecular weight excluding hydrogens is 358 g/mol. The first-order valence-electron chi connectivity index (χ1n) is 6.88. The quantitative estimate of drug-likeness (QED) is 0.865. The van der Waals surface area contributed by atoms with Crippen molar-refractivity contribution in [3.05, 3.63) is 32.5 Å². The second kappa shape index (κ2) is 5.57. The number of anilines is 1. The lowest BCUT2D eigenvalue weighted by molar-refractivity contribution is 0.262. The fourth-order valence-electron chi connectivity index (χ4n) is 2.50. The van der Waals surface area contributed by atoms with Crippen molar-refractivity contribution in [1.29, 1.82) is 0 Å². The van der Waals surface area contributed by atoms with Gasteiger partial charge >= 0.3 is 0 Å². The Labute approximate surface area is 131 Å². The van der Waals surface area contributed by atoms with Gasteiger partial charge in [0.05, 0.1) is 22.5 Å².